The Kier molecular flexibility index (Phi) is 9.87. The SMILES string of the molecule is C=C/C(c1ccc(N2c3cc4c(cc3B3c5cc(C(C)(C)C)cc6c(=O)c7cc(-c8cccc9c8oc8ccccc89)cc8c(=O)c9c(C)cc2c3c9n(c56)c78)c(/C=C\C)c(C=C)n4-c2ccccc2)cc1)=c1/oc2ccccc2c1=C. The van der Waals surface area contributed by atoms with Gasteiger partial charge in [0.2, 0.25) is 0 Å². The van der Waals surface area contributed by atoms with E-state index >= 15 is 9.59 Å². The summed E-state index contributed by atoms with van der Waals surface area (Å²) in [5, 5.41) is 7.05. The molecule has 2 aliphatic rings. The third-order valence-electron chi connectivity index (χ3n) is 17.7. The predicted octanol–water partition coefficient (Wildman–Crippen LogP) is 14.5. The quantitative estimate of drug-likeness (QED) is 0.0903. The van der Waals surface area contributed by atoms with Crippen molar-refractivity contribution in [1.82, 2.24) is 8.97 Å². The third kappa shape index (κ3) is 6.32. The summed E-state index contributed by atoms with van der Waals surface area (Å²) in [6, 6.07) is 56.6. The van der Waals surface area contributed by atoms with E-state index in [4.69, 9.17) is 8.83 Å². The molecule has 0 N–H and O–H groups in total. The lowest BCUT2D eigenvalue weighted by Gasteiger charge is -2.41. The van der Waals surface area contributed by atoms with E-state index in [2.05, 4.69) is 171 Å². The van der Waals surface area contributed by atoms with Gasteiger partial charge in [-0.2, -0.15) is 0 Å². The van der Waals surface area contributed by atoms with E-state index in [0.717, 1.165) is 138 Å². The summed E-state index contributed by atoms with van der Waals surface area (Å²) in [6.07, 6.45) is 8.07. The molecular formula is C74H52BN3O4. The number of hydrogen-bond donors (Lipinski definition) is 0. The fourth-order valence-electron chi connectivity index (χ4n) is 14.0. The molecule has 7 nitrogen and oxygen atoms in total. The number of anilines is 3. The lowest BCUT2D eigenvalue weighted by molar-refractivity contribution is 0.573. The zero-order chi connectivity index (χ0) is 55.8. The Morgan fingerprint density at radius 3 is 2.04 bits per heavy atom. The van der Waals surface area contributed by atoms with E-state index in [9.17, 15) is 0 Å². The molecule has 0 atom stereocenters. The Morgan fingerprint density at radius 2 is 1.32 bits per heavy atom. The lowest BCUT2D eigenvalue weighted by atomic mass is 9.33. The monoisotopic (exact) mass is 1060 g/mol. The van der Waals surface area contributed by atoms with E-state index in [1.807, 2.05) is 84.9 Å². The molecule has 0 spiro atoms. The first-order valence-electron chi connectivity index (χ1n) is 28.0. The van der Waals surface area contributed by atoms with Crippen molar-refractivity contribution in [2.45, 2.75) is 40.0 Å². The van der Waals surface area contributed by atoms with Crippen LogP contribution in [0.3, 0.4) is 0 Å². The van der Waals surface area contributed by atoms with Crippen molar-refractivity contribution < 1.29 is 8.83 Å². The van der Waals surface area contributed by atoms with Crippen LogP contribution in [0.5, 0.6) is 0 Å². The van der Waals surface area contributed by atoms with E-state index in [1.54, 1.807) is 0 Å². The van der Waals surface area contributed by atoms with Gasteiger partial charge in [-0.3, -0.25) is 9.59 Å². The smallest absolute Gasteiger partial charge is 0.252 e. The van der Waals surface area contributed by atoms with E-state index in [0.29, 0.717) is 38.1 Å². The number of hydrogen-bond acceptors (Lipinski definition) is 5. The Labute approximate surface area is 471 Å². The van der Waals surface area contributed by atoms with Crippen LogP contribution in [0.2, 0.25) is 0 Å². The molecule has 16 rings (SSSR count). The molecule has 0 unspecified atom stereocenters. The first-order valence-corrected chi connectivity index (χ1v) is 28.0. The number of pyridine rings is 2. The van der Waals surface area contributed by atoms with Gasteiger partial charge in [0.25, 0.3) is 6.71 Å². The number of para-hydroxylation sites is 4. The van der Waals surface area contributed by atoms with Crippen LogP contribution in [0, 0.1) is 6.92 Å². The summed E-state index contributed by atoms with van der Waals surface area (Å²) in [5.74, 6) is 0. The van der Waals surface area contributed by atoms with Gasteiger partial charge in [0, 0.05) is 87.8 Å². The number of furan rings is 2. The largest absolute Gasteiger partial charge is 0.455 e. The molecular weight excluding hydrogens is 1010 g/mol. The summed E-state index contributed by atoms with van der Waals surface area (Å²) in [6.45, 7) is 23.5. The summed E-state index contributed by atoms with van der Waals surface area (Å²) in [7, 11) is 0. The average Bonchev–Trinajstić information content (AvgIpc) is 0.845. The van der Waals surface area contributed by atoms with Crippen molar-refractivity contribution in [2.24, 2.45) is 0 Å². The normalized spacial score (nSPS) is 13.5. The van der Waals surface area contributed by atoms with Crippen molar-refractivity contribution in [2.75, 3.05) is 4.90 Å². The highest BCUT2D eigenvalue weighted by atomic mass is 16.3. The standard InChI is InChI=1S/C74H52BN3O4/c1-9-20-50-53-38-57-61(39-60(53)76(59(50)11-3)45-21-13-12-14-22-45)77(46-31-29-42(30-32-46)47(10-2)72-41(5)48-23-15-17-27-63(48)81-72)62-33-40(4)65-69-66(62)75(57)58-37-44(74(6,7)8)36-56-68(58)78(69)67-54(70(56)79)34-43(35-55(67)71(65)80)49-25-19-26-52-51-24-16-18-28-64(51)82-73(49)52/h9-39H,2-3,5H2,1,4,6-8H3/b20-9-,72-47-. The van der Waals surface area contributed by atoms with Gasteiger partial charge in [0.15, 0.2) is 10.9 Å². The Hall–Kier alpha value is -10.2. The van der Waals surface area contributed by atoms with E-state index in [-0.39, 0.29) is 16.3 Å². The molecule has 0 saturated heterocycles. The van der Waals surface area contributed by atoms with Gasteiger partial charge < -0.3 is 22.7 Å². The Morgan fingerprint density at radius 1 is 0.622 bits per heavy atom. The molecule has 0 bridgehead atoms. The molecule has 0 amide bonds. The molecule has 0 saturated carbocycles. The fourth-order valence-corrected chi connectivity index (χ4v) is 14.0. The van der Waals surface area contributed by atoms with Crippen molar-refractivity contribution in [1.29, 1.82) is 0 Å². The highest BCUT2D eigenvalue weighted by Crippen LogP contribution is 2.46. The number of allylic oxidation sites excluding steroid dienone is 2. The van der Waals surface area contributed by atoms with Crippen LogP contribution in [0.25, 0.3) is 123 Å². The molecule has 0 radical (unpaired) electrons. The summed E-state index contributed by atoms with van der Waals surface area (Å²) < 4.78 is 17.7. The topological polar surface area (TPSA) is 73.0 Å². The van der Waals surface area contributed by atoms with Crippen LogP contribution in [-0.4, -0.2) is 15.7 Å². The molecule has 2 aliphatic heterocycles. The van der Waals surface area contributed by atoms with Gasteiger partial charge in [-0.05, 0) is 131 Å². The Balaban J connectivity index is 1.05. The summed E-state index contributed by atoms with van der Waals surface area (Å²) in [5.41, 5.74) is 19.9. The second-order valence-electron chi connectivity index (χ2n) is 23.2. The number of benzene rings is 9. The minimum atomic E-state index is -0.393. The molecule has 9 aromatic carbocycles. The van der Waals surface area contributed by atoms with Crippen molar-refractivity contribution in [3.63, 3.8) is 0 Å². The average molecular weight is 1060 g/mol. The first kappa shape index (κ1) is 47.8. The van der Waals surface area contributed by atoms with Gasteiger partial charge in [-0.25, -0.2) is 0 Å². The molecule has 8 heteroatoms. The van der Waals surface area contributed by atoms with Crippen LogP contribution in [0.15, 0.2) is 208 Å². The van der Waals surface area contributed by atoms with Gasteiger partial charge in [-0.15, -0.1) is 0 Å². The highest BCUT2D eigenvalue weighted by Gasteiger charge is 2.44. The van der Waals surface area contributed by atoms with Gasteiger partial charge >= 0.3 is 0 Å². The number of nitrogens with zero attached hydrogens (tertiary/aromatic N) is 3. The fraction of sp³-hybridized carbons (Fsp3) is 0.0811. The van der Waals surface area contributed by atoms with Crippen LogP contribution >= 0.6 is 0 Å². The zero-order valence-electron chi connectivity index (χ0n) is 46.1. The molecule has 82 heavy (non-hydrogen) atoms. The predicted molar refractivity (Wildman–Crippen MR) is 344 cm³/mol. The minimum absolute atomic E-state index is 0.107. The summed E-state index contributed by atoms with van der Waals surface area (Å²) >= 11 is 0. The van der Waals surface area contributed by atoms with Gasteiger partial charge in [-0.1, -0.05) is 156 Å². The number of aromatic nitrogens is 2. The maximum absolute atomic E-state index is 16.1. The van der Waals surface area contributed by atoms with Crippen LogP contribution in [-0.2, 0) is 5.41 Å². The number of fused-ring (bicyclic) bond motifs is 8. The minimum Gasteiger partial charge on any atom is -0.455 e. The van der Waals surface area contributed by atoms with Crippen molar-refractivity contribution in [3.8, 4) is 16.8 Å². The third-order valence-corrected chi connectivity index (χ3v) is 17.7. The summed E-state index contributed by atoms with van der Waals surface area (Å²) in [4.78, 5) is 34.4. The van der Waals surface area contributed by atoms with Crippen molar-refractivity contribution >= 4 is 146 Å². The Bertz CT molecular complexity index is 5510. The maximum Gasteiger partial charge on any atom is 0.252 e. The van der Waals surface area contributed by atoms with Gasteiger partial charge in [0.05, 0.1) is 27.8 Å². The second-order valence-corrected chi connectivity index (χ2v) is 23.2. The second kappa shape index (κ2) is 16.9. The van der Waals surface area contributed by atoms with Crippen LogP contribution in [0.1, 0.15) is 55.6 Å². The highest BCUT2D eigenvalue weighted by molar-refractivity contribution is 7.01. The van der Waals surface area contributed by atoms with Crippen molar-refractivity contribution in [3.05, 3.63) is 248 Å². The molecule has 0 aliphatic carbocycles. The van der Waals surface area contributed by atoms with E-state index < -0.39 is 6.71 Å². The number of aryl methyl sites for hydroxylation is 1. The lowest BCUT2D eigenvalue weighted by Crippen LogP contribution is -2.60. The van der Waals surface area contributed by atoms with E-state index in [1.165, 1.54) is 0 Å². The zero-order valence-corrected chi connectivity index (χ0v) is 46.1. The molecule has 7 heterocycles. The first-order chi connectivity index (χ1) is 39.9. The number of rotatable bonds is 7. The van der Waals surface area contributed by atoms with Crippen LogP contribution < -0.4 is 42.8 Å². The maximum atomic E-state index is 16.1. The molecule has 5 aromatic heterocycles. The molecule has 0 fully saturated rings. The molecule has 390 valence electrons. The molecule has 14 aromatic rings. The van der Waals surface area contributed by atoms with Crippen LogP contribution in [0.4, 0.5) is 17.1 Å². The van der Waals surface area contributed by atoms with Gasteiger partial charge in [0.1, 0.15) is 22.2 Å².